The average Bonchev–Trinajstić information content (AvgIpc) is 2.63. The Morgan fingerprint density at radius 1 is 1.19 bits per heavy atom. The highest BCUT2D eigenvalue weighted by Crippen LogP contribution is 2.30. The second-order valence-electron chi connectivity index (χ2n) is 6.01. The molecule has 0 aliphatic carbocycles. The van der Waals surface area contributed by atoms with Crippen LogP contribution in [0.2, 0.25) is 10.0 Å². The fraction of sp³-hybridized carbons (Fsp3) is 0.316. The molecule has 0 bridgehead atoms. The van der Waals surface area contributed by atoms with E-state index in [9.17, 15) is 4.79 Å². The molecule has 0 spiro atoms. The molecule has 1 heterocycles. The number of rotatable bonds is 5. The monoisotopic (exact) mass is 394 g/mol. The zero-order chi connectivity index (χ0) is 18.5. The van der Waals surface area contributed by atoms with Gasteiger partial charge in [-0.25, -0.2) is 0 Å². The number of nitrogens with one attached hydrogen (secondary N) is 1. The molecule has 1 aliphatic heterocycles. The van der Waals surface area contributed by atoms with Crippen LogP contribution >= 0.6 is 23.2 Å². The van der Waals surface area contributed by atoms with E-state index in [-0.39, 0.29) is 12.5 Å². The first-order valence-corrected chi connectivity index (χ1v) is 9.09. The molecule has 0 aromatic heterocycles. The number of hydrogen-bond donors (Lipinski definition) is 1. The van der Waals surface area contributed by atoms with Crippen molar-refractivity contribution >= 4 is 40.5 Å². The van der Waals surface area contributed by atoms with Crippen molar-refractivity contribution in [2.24, 2.45) is 0 Å². The number of amides is 1. The van der Waals surface area contributed by atoms with Crippen LogP contribution in [0, 0.1) is 6.92 Å². The van der Waals surface area contributed by atoms with Crippen molar-refractivity contribution in [3.63, 3.8) is 0 Å². The molecule has 1 N–H and O–H groups in total. The SMILES string of the molecule is Cc1cc(OCC(=O)Nc2cc(Cl)ccc2N2CCOCC2)ccc1Cl. The molecule has 2 aromatic rings. The molecular weight excluding hydrogens is 375 g/mol. The minimum Gasteiger partial charge on any atom is -0.484 e. The molecule has 1 fully saturated rings. The topological polar surface area (TPSA) is 50.8 Å². The minimum atomic E-state index is -0.255. The summed E-state index contributed by atoms with van der Waals surface area (Å²) >= 11 is 12.1. The number of halogens is 2. The zero-order valence-electron chi connectivity index (χ0n) is 14.4. The Bertz CT molecular complexity index is 792. The molecule has 26 heavy (non-hydrogen) atoms. The van der Waals surface area contributed by atoms with Crippen molar-refractivity contribution in [3.05, 3.63) is 52.0 Å². The van der Waals surface area contributed by atoms with E-state index in [2.05, 4.69) is 10.2 Å². The van der Waals surface area contributed by atoms with Crippen molar-refractivity contribution < 1.29 is 14.3 Å². The van der Waals surface area contributed by atoms with Gasteiger partial charge in [-0.15, -0.1) is 0 Å². The van der Waals surface area contributed by atoms with E-state index in [1.54, 1.807) is 24.3 Å². The third kappa shape index (κ3) is 4.81. The summed E-state index contributed by atoms with van der Waals surface area (Å²) < 4.78 is 10.9. The number of anilines is 2. The summed E-state index contributed by atoms with van der Waals surface area (Å²) in [5.74, 6) is 0.343. The van der Waals surface area contributed by atoms with E-state index in [1.807, 2.05) is 19.1 Å². The molecule has 0 saturated carbocycles. The van der Waals surface area contributed by atoms with Gasteiger partial charge in [0.15, 0.2) is 6.61 Å². The Kier molecular flexibility index (Phi) is 6.25. The summed E-state index contributed by atoms with van der Waals surface area (Å²) in [4.78, 5) is 14.5. The van der Waals surface area contributed by atoms with Crippen molar-refractivity contribution in [3.8, 4) is 5.75 Å². The normalized spacial score (nSPS) is 14.2. The van der Waals surface area contributed by atoms with Crippen LogP contribution in [0.25, 0.3) is 0 Å². The Balaban J connectivity index is 1.66. The lowest BCUT2D eigenvalue weighted by atomic mass is 10.2. The number of benzene rings is 2. The second-order valence-corrected chi connectivity index (χ2v) is 6.85. The number of carbonyl (C=O) groups is 1. The lowest BCUT2D eigenvalue weighted by Crippen LogP contribution is -2.37. The van der Waals surface area contributed by atoms with Crippen LogP contribution in [0.15, 0.2) is 36.4 Å². The third-order valence-corrected chi connectivity index (χ3v) is 4.74. The fourth-order valence-corrected chi connectivity index (χ4v) is 3.02. The molecule has 1 saturated heterocycles. The van der Waals surface area contributed by atoms with Gasteiger partial charge in [0.2, 0.25) is 0 Å². The molecule has 1 aliphatic rings. The molecule has 0 unspecified atom stereocenters. The Hall–Kier alpha value is -1.95. The maximum atomic E-state index is 12.3. The average molecular weight is 395 g/mol. The molecule has 1 amide bonds. The zero-order valence-corrected chi connectivity index (χ0v) is 15.9. The van der Waals surface area contributed by atoms with Crippen LogP contribution in [0.1, 0.15) is 5.56 Å². The van der Waals surface area contributed by atoms with E-state index in [0.717, 1.165) is 24.3 Å². The minimum absolute atomic E-state index is 0.101. The lowest BCUT2D eigenvalue weighted by molar-refractivity contribution is -0.118. The van der Waals surface area contributed by atoms with Crippen molar-refractivity contribution in [2.75, 3.05) is 43.1 Å². The maximum absolute atomic E-state index is 12.3. The second kappa shape index (κ2) is 8.62. The molecule has 0 radical (unpaired) electrons. The van der Waals surface area contributed by atoms with Crippen LogP contribution in [0.4, 0.5) is 11.4 Å². The van der Waals surface area contributed by atoms with Gasteiger partial charge in [0.1, 0.15) is 5.75 Å². The highest BCUT2D eigenvalue weighted by molar-refractivity contribution is 6.31. The largest absolute Gasteiger partial charge is 0.484 e. The standard InChI is InChI=1S/C19H20Cl2N2O3/c1-13-10-15(3-4-16(13)21)26-12-19(24)22-17-11-14(20)2-5-18(17)23-6-8-25-9-7-23/h2-5,10-11H,6-9,12H2,1H3,(H,22,24). The summed E-state index contributed by atoms with van der Waals surface area (Å²) in [5, 5.41) is 4.11. The Morgan fingerprint density at radius 3 is 2.69 bits per heavy atom. The van der Waals surface area contributed by atoms with E-state index in [1.165, 1.54) is 0 Å². The van der Waals surface area contributed by atoms with Crippen LogP contribution in [0.3, 0.4) is 0 Å². The van der Waals surface area contributed by atoms with Gasteiger partial charge in [0, 0.05) is 23.1 Å². The number of nitrogens with zero attached hydrogens (tertiary/aromatic N) is 1. The van der Waals surface area contributed by atoms with Gasteiger partial charge in [-0.2, -0.15) is 0 Å². The van der Waals surface area contributed by atoms with Gasteiger partial charge in [-0.1, -0.05) is 23.2 Å². The summed E-state index contributed by atoms with van der Waals surface area (Å²) in [5.41, 5.74) is 2.49. The van der Waals surface area contributed by atoms with Gasteiger partial charge >= 0.3 is 0 Å². The van der Waals surface area contributed by atoms with Crippen LogP contribution in [-0.4, -0.2) is 38.8 Å². The van der Waals surface area contributed by atoms with Crippen molar-refractivity contribution in [1.82, 2.24) is 0 Å². The molecule has 138 valence electrons. The Morgan fingerprint density at radius 2 is 1.96 bits per heavy atom. The molecule has 3 rings (SSSR count). The van der Waals surface area contributed by atoms with E-state index < -0.39 is 0 Å². The molecular formula is C19H20Cl2N2O3. The summed E-state index contributed by atoms with van der Waals surface area (Å²) in [7, 11) is 0. The smallest absolute Gasteiger partial charge is 0.262 e. The number of morpholine rings is 1. The highest BCUT2D eigenvalue weighted by Gasteiger charge is 2.17. The number of ether oxygens (including phenoxy) is 2. The van der Waals surface area contributed by atoms with Gasteiger partial charge in [0.05, 0.1) is 24.6 Å². The summed E-state index contributed by atoms with van der Waals surface area (Å²) in [6, 6.07) is 10.8. The van der Waals surface area contributed by atoms with Crippen LogP contribution in [-0.2, 0) is 9.53 Å². The first-order valence-electron chi connectivity index (χ1n) is 8.34. The van der Waals surface area contributed by atoms with E-state index >= 15 is 0 Å². The van der Waals surface area contributed by atoms with Crippen LogP contribution < -0.4 is 15.0 Å². The van der Waals surface area contributed by atoms with Gasteiger partial charge in [0.25, 0.3) is 5.91 Å². The van der Waals surface area contributed by atoms with Crippen LogP contribution in [0.5, 0.6) is 5.75 Å². The quantitative estimate of drug-likeness (QED) is 0.826. The fourth-order valence-electron chi connectivity index (χ4n) is 2.73. The van der Waals surface area contributed by atoms with Gasteiger partial charge in [-0.3, -0.25) is 4.79 Å². The summed E-state index contributed by atoms with van der Waals surface area (Å²) in [6.45, 7) is 4.65. The van der Waals surface area contributed by atoms with Gasteiger partial charge < -0.3 is 19.7 Å². The predicted octanol–water partition coefficient (Wildman–Crippen LogP) is 4.16. The summed E-state index contributed by atoms with van der Waals surface area (Å²) in [6.07, 6.45) is 0. The molecule has 2 aromatic carbocycles. The number of hydrogen-bond acceptors (Lipinski definition) is 4. The third-order valence-electron chi connectivity index (χ3n) is 4.08. The predicted molar refractivity (Wildman–Crippen MR) is 105 cm³/mol. The highest BCUT2D eigenvalue weighted by atomic mass is 35.5. The molecule has 7 heteroatoms. The van der Waals surface area contributed by atoms with E-state index in [0.29, 0.717) is 34.7 Å². The van der Waals surface area contributed by atoms with E-state index in [4.69, 9.17) is 32.7 Å². The molecule has 5 nitrogen and oxygen atoms in total. The number of carbonyl (C=O) groups excluding carboxylic acids is 1. The van der Waals surface area contributed by atoms with Gasteiger partial charge in [-0.05, 0) is 48.9 Å². The molecule has 0 atom stereocenters. The Labute approximate surface area is 162 Å². The van der Waals surface area contributed by atoms with Crippen molar-refractivity contribution in [1.29, 1.82) is 0 Å². The first kappa shape index (κ1) is 18.8. The maximum Gasteiger partial charge on any atom is 0.262 e. The first-order chi connectivity index (χ1) is 12.5. The number of aryl methyl sites for hydroxylation is 1. The lowest BCUT2D eigenvalue weighted by Gasteiger charge is -2.30. The van der Waals surface area contributed by atoms with Crippen molar-refractivity contribution in [2.45, 2.75) is 6.92 Å².